The second-order valence-corrected chi connectivity index (χ2v) is 4.71. The van der Waals surface area contributed by atoms with Gasteiger partial charge >= 0.3 is 0 Å². The third-order valence-corrected chi connectivity index (χ3v) is 3.32. The Morgan fingerprint density at radius 2 is 1.35 bits per heavy atom. The summed E-state index contributed by atoms with van der Waals surface area (Å²) in [6.07, 6.45) is 0. The second kappa shape index (κ2) is 5.13. The zero-order valence-electron chi connectivity index (χ0n) is 11.2. The average Bonchev–Trinajstić information content (AvgIpc) is 2.48. The Hall–Kier alpha value is -2.68. The van der Waals surface area contributed by atoms with Gasteiger partial charge in [0.15, 0.2) is 0 Å². The maximum atomic E-state index is 5.98. The molecule has 3 heteroatoms. The number of hydrogen-bond acceptors (Lipinski definition) is 3. The van der Waals surface area contributed by atoms with Gasteiger partial charge in [-0.1, -0.05) is 42.5 Å². The maximum Gasteiger partial charge on any atom is 0.0936 e. The zero-order chi connectivity index (χ0) is 13.9. The van der Waals surface area contributed by atoms with Gasteiger partial charge in [0.25, 0.3) is 0 Å². The molecule has 3 rings (SSSR count). The molecule has 3 aromatic rings. The van der Waals surface area contributed by atoms with Crippen molar-refractivity contribution in [1.29, 1.82) is 0 Å². The van der Waals surface area contributed by atoms with Gasteiger partial charge in [-0.05, 0) is 30.7 Å². The molecule has 0 aliphatic rings. The molecule has 0 saturated carbocycles. The van der Waals surface area contributed by atoms with Crippen LogP contribution in [0.5, 0.6) is 0 Å². The molecule has 0 heterocycles. The van der Waals surface area contributed by atoms with Crippen molar-refractivity contribution in [3.63, 3.8) is 0 Å². The number of nitrogens with zero attached hydrogens (tertiary/aromatic N) is 2. The van der Waals surface area contributed by atoms with Crippen molar-refractivity contribution in [2.24, 2.45) is 10.2 Å². The van der Waals surface area contributed by atoms with Crippen LogP contribution in [0.2, 0.25) is 0 Å². The summed E-state index contributed by atoms with van der Waals surface area (Å²) in [6.45, 7) is 2.02. The van der Waals surface area contributed by atoms with Crippen LogP contribution in [0.4, 0.5) is 17.1 Å². The first kappa shape index (κ1) is 12.4. The standard InChI is InChI=1S/C17H15N3/c1-12-6-2-5-9-16(12)19-20-17-11-10-15(18)13-7-3-4-8-14(13)17/h2-11H,18H2,1H3. The third-order valence-electron chi connectivity index (χ3n) is 3.32. The van der Waals surface area contributed by atoms with Crippen molar-refractivity contribution in [1.82, 2.24) is 0 Å². The number of benzene rings is 3. The Balaban J connectivity index is 2.08. The fraction of sp³-hybridized carbons (Fsp3) is 0.0588. The SMILES string of the molecule is Cc1ccccc1N=Nc1ccc(N)c2ccccc12. The Labute approximate surface area is 117 Å². The lowest BCUT2D eigenvalue weighted by atomic mass is 10.1. The van der Waals surface area contributed by atoms with Crippen LogP contribution in [-0.2, 0) is 0 Å². The van der Waals surface area contributed by atoms with E-state index in [9.17, 15) is 0 Å². The summed E-state index contributed by atoms with van der Waals surface area (Å²) in [6, 6.07) is 19.7. The van der Waals surface area contributed by atoms with Crippen LogP contribution in [0.3, 0.4) is 0 Å². The van der Waals surface area contributed by atoms with E-state index in [-0.39, 0.29) is 0 Å². The first-order valence-corrected chi connectivity index (χ1v) is 6.50. The van der Waals surface area contributed by atoms with Crippen molar-refractivity contribution in [2.45, 2.75) is 6.92 Å². The van der Waals surface area contributed by atoms with Crippen LogP contribution in [0.1, 0.15) is 5.56 Å². The van der Waals surface area contributed by atoms with Gasteiger partial charge in [0.05, 0.1) is 11.4 Å². The fourth-order valence-corrected chi connectivity index (χ4v) is 2.18. The van der Waals surface area contributed by atoms with E-state index in [4.69, 9.17) is 5.73 Å². The molecule has 0 bridgehead atoms. The highest BCUT2D eigenvalue weighted by atomic mass is 15.1. The van der Waals surface area contributed by atoms with E-state index in [0.717, 1.165) is 33.4 Å². The Kier molecular flexibility index (Phi) is 3.17. The predicted octanol–water partition coefficient (Wildman–Crippen LogP) is 5.15. The maximum absolute atomic E-state index is 5.98. The highest BCUT2D eigenvalue weighted by Crippen LogP contribution is 2.31. The van der Waals surface area contributed by atoms with Gasteiger partial charge in [-0.25, -0.2) is 0 Å². The minimum Gasteiger partial charge on any atom is -0.398 e. The highest BCUT2D eigenvalue weighted by Gasteiger charge is 2.03. The number of aryl methyl sites for hydroxylation is 1. The molecule has 0 amide bonds. The fourth-order valence-electron chi connectivity index (χ4n) is 2.18. The largest absolute Gasteiger partial charge is 0.398 e. The van der Waals surface area contributed by atoms with E-state index in [1.165, 1.54) is 0 Å². The lowest BCUT2D eigenvalue weighted by Crippen LogP contribution is -1.86. The summed E-state index contributed by atoms with van der Waals surface area (Å²) in [5, 5.41) is 10.7. The van der Waals surface area contributed by atoms with Gasteiger partial charge in [-0.15, -0.1) is 5.11 Å². The summed E-state index contributed by atoms with van der Waals surface area (Å²) >= 11 is 0. The van der Waals surface area contributed by atoms with Crippen LogP contribution < -0.4 is 5.73 Å². The monoisotopic (exact) mass is 261 g/mol. The van der Waals surface area contributed by atoms with Crippen LogP contribution in [0, 0.1) is 6.92 Å². The average molecular weight is 261 g/mol. The molecule has 0 spiro atoms. The Bertz CT molecular complexity index is 791. The number of nitrogens with two attached hydrogens (primary N) is 1. The lowest BCUT2D eigenvalue weighted by molar-refractivity contribution is 1.22. The van der Waals surface area contributed by atoms with Gasteiger partial charge < -0.3 is 5.73 Å². The van der Waals surface area contributed by atoms with Crippen LogP contribution in [0.25, 0.3) is 10.8 Å². The normalized spacial score (nSPS) is 11.2. The summed E-state index contributed by atoms with van der Waals surface area (Å²) in [7, 11) is 0. The molecule has 2 N–H and O–H groups in total. The number of nitrogen functional groups attached to an aromatic ring is 1. The van der Waals surface area contributed by atoms with E-state index < -0.39 is 0 Å². The van der Waals surface area contributed by atoms with Crippen LogP contribution >= 0.6 is 0 Å². The molecule has 0 unspecified atom stereocenters. The smallest absolute Gasteiger partial charge is 0.0936 e. The van der Waals surface area contributed by atoms with E-state index in [2.05, 4.69) is 10.2 Å². The summed E-state index contributed by atoms with van der Waals surface area (Å²) in [4.78, 5) is 0. The highest BCUT2D eigenvalue weighted by molar-refractivity contribution is 5.99. The van der Waals surface area contributed by atoms with E-state index in [0.29, 0.717) is 0 Å². The van der Waals surface area contributed by atoms with Crippen molar-refractivity contribution >= 4 is 27.8 Å². The van der Waals surface area contributed by atoms with Gasteiger partial charge in [0.2, 0.25) is 0 Å². The van der Waals surface area contributed by atoms with E-state index in [1.807, 2.05) is 67.6 Å². The molecular formula is C17H15N3. The Morgan fingerprint density at radius 3 is 2.15 bits per heavy atom. The predicted molar refractivity (Wildman–Crippen MR) is 83.7 cm³/mol. The van der Waals surface area contributed by atoms with Crippen molar-refractivity contribution < 1.29 is 0 Å². The van der Waals surface area contributed by atoms with Crippen molar-refractivity contribution in [3.05, 3.63) is 66.2 Å². The zero-order valence-corrected chi connectivity index (χ0v) is 11.2. The molecule has 0 aromatic heterocycles. The first-order valence-electron chi connectivity index (χ1n) is 6.50. The number of rotatable bonds is 2. The van der Waals surface area contributed by atoms with Gasteiger partial charge in [-0.2, -0.15) is 5.11 Å². The molecule has 0 radical (unpaired) electrons. The molecule has 98 valence electrons. The summed E-state index contributed by atoms with van der Waals surface area (Å²) in [5.74, 6) is 0. The van der Waals surface area contributed by atoms with Gasteiger partial charge in [0.1, 0.15) is 0 Å². The molecule has 0 atom stereocenters. The first-order chi connectivity index (χ1) is 9.75. The van der Waals surface area contributed by atoms with Crippen LogP contribution in [-0.4, -0.2) is 0 Å². The number of anilines is 1. The summed E-state index contributed by atoms with van der Waals surface area (Å²) < 4.78 is 0. The molecule has 3 aromatic carbocycles. The molecule has 0 saturated heterocycles. The van der Waals surface area contributed by atoms with Crippen LogP contribution in [0.15, 0.2) is 70.9 Å². The molecule has 0 aliphatic heterocycles. The van der Waals surface area contributed by atoms with Crippen molar-refractivity contribution in [2.75, 3.05) is 5.73 Å². The number of azo groups is 1. The molecule has 0 aliphatic carbocycles. The van der Waals surface area contributed by atoms with Gasteiger partial charge in [-0.3, -0.25) is 0 Å². The van der Waals surface area contributed by atoms with E-state index in [1.54, 1.807) is 0 Å². The Morgan fingerprint density at radius 1 is 0.700 bits per heavy atom. The minimum absolute atomic E-state index is 0.760. The minimum atomic E-state index is 0.760. The van der Waals surface area contributed by atoms with Crippen molar-refractivity contribution in [3.8, 4) is 0 Å². The number of fused-ring (bicyclic) bond motifs is 1. The molecule has 20 heavy (non-hydrogen) atoms. The van der Waals surface area contributed by atoms with E-state index >= 15 is 0 Å². The number of hydrogen-bond donors (Lipinski definition) is 1. The topological polar surface area (TPSA) is 50.7 Å². The summed E-state index contributed by atoms with van der Waals surface area (Å²) in [5.41, 5.74) is 9.57. The van der Waals surface area contributed by atoms with Gasteiger partial charge in [0, 0.05) is 16.5 Å². The molecule has 3 nitrogen and oxygen atoms in total. The lowest BCUT2D eigenvalue weighted by Gasteiger charge is -2.04. The molecule has 0 fully saturated rings. The quantitative estimate of drug-likeness (QED) is 0.503. The second-order valence-electron chi connectivity index (χ2n) is 4.71. The molecular weight excluding hydrogens is 246 g/mol. The third kappa shape index (κ3) is 2.26.